The van der Waals surface area contributed by atoms with Crippen LogP contribution in [0.3, 0.4) is 0 Å². The number of ether oxygens (including phenoxy) is 3. The zero-order valence-electron chi connectivity index (χ0n) is 10.8. The third-order valence-corrected chi connectivity index (χ3v) is 2.59. The minimum Gasteiger partial charge on any atom is -0.454 e. The quantitative estimate of drug-likeness (QED) is 0.633. The molecule has 0 radical (unpaired) electrons. The van der Waals surface area contributed by atoms with Gasteiger partial charge < -0.3 is 25.3 Å². The lowest BCUT2D eigenvalue weighted by Crippen LogP contribution is -2.29. The molecule has 2 rings (SSSR count). The van der Waals surface area contributed by atoms with E-state index in [4.69, 9.17) is 15.2 Å². The van der Waals surface area contributed by atoms with E-state index in [0.717, 1.165) is 0 Å². The fourth-order valence-electron chi connectivity index (χ4n) is 1.67. The van der Waals surface area contributed by atoms with Crippen LogP contribution in [0.4, 0.5) is 18.9 Å². The van der Waals surface area contributed by atoms with Crippen molar-refractivity contribution in [3.05, 3.63) is 17.7 Å². The molecule has 0 aromatic heterocycles. The Morgan fingerprint density at radius 2 is 2.00 bits per heavy atom. The predicted octanol–water partition coefficient (Wildman–Crippen LogP) is 1.31. The molecule has 1 amide bonds. The summed E-state index contributed by atoms with van der Waals surface area (Å²) in [5.74, 6) is 0.307. The first-order valence-corrected chi connectivity index (χ1v) is 5.98. The van der Waals surface area contributed by atoms with E-state index in [1.807, 2.05) is 0 Å². The summed E-state index contributed by atoms with van der Waals surface area (Å²) in [6.07, 6.45) is -4.38. The third kappa shape index (κ3) is 4.15. The number of nitrogens with two attached hydrogens (primary N) is 1. The summed E-state index contributed by atoms with van der Waals surface area (Å²) in [5.41, 5.74) is 6.06. The molecule has 1 aromatic rings. The second-order valence-corrected chi connectivity index (χ2v) is 4.22. The molecular weight excluding hydrogens is 293 g/mol. The van der Waals surface area contributed by atoms with Gasteiger partial charge in [-0.05, 0) is 6.07 Å². The molecule has 1 aromatic carbocycles. The molecule has 6 nitrogen and oxygen atoms in total. The zero-order valence-corrected chi connectivity index (χ0v) is 10.8. The van der Waals surface area contributed by atoms with Crippen molar-refractivity contribution in [3.8, 4) is 11.5 Å². The van der Waals surface area contributed by atoms with E-state index in [1.165, 1.54) is 12.1 Å². The summed E-state index contributed by atoms with van der Waals surface area (Å²) in [5, 5.41) is 2.41. The number of halogens is 3. The Bertz CT molecular complexity index is 534. The molecule has 0 spiro atoms. The molecule has 0 fully saturated rings. The summed E-state index contributed by atoms with van der Waals surface area (Å²) in [6, 6.07) is 2.88. The normalized spacial score (nSPS) is 13.3. The first kappa shape index (κ1) is 15.2. The zero-order chi connectivity index (χ0) is 15.5. The van der Waals surface area contributed by atoms with Crippen molar-refractivity contribution in [2.75, 3.05) is 32.3 Å². The minimum absolute atomic E-state index is 0.0468. The summed E-state index contributed by atoms with van der Waals surface area (Å²) < 4.78 is 50.1. The van der Waals surface area contributed by atoms with E-state index in [2.05, 4.69) is 10.1 Å². The van der Waals surface area contributed by atoms with Crippen LogP contribution in [-0.2, 0) is 4.74 Å². The summed E-state index contributed by atoms with van der Waals surface area (Å²) >= 11 is 0. The average molecular weight is 306 g/mol. The van der Waals surface area contributed by atoms with Gasteiger partial charge in [-0.25, -0.2) is 0 Å². The molecule has 0 saturated heterocycles. The van der Waals surface area contributed by atoms with Gasteiger partial charge in [-0.1, -0.05) is 0 Å². The number of fused-ring (bicyclic) bond motifs is 1. The van der Waals surface area contributed by atoms with E-state index in [9.17, 15) is 18.0 Å². The van der Waals surface area contributed by atoms with Crippen LogP contribution in [0.1, 0.15) is 10.4 Å². The average Bonchev–Trinajstić information content (AvgIpc) is 2.82. The number of carbonyl (C=O) groups is 1. The van der Waals surface area contributed by atoms with E-state index in [-0.39, 0.29) is 31.2 Å². The maximum Gasteiger partial charge on any atom is 0.411 e. The van der Waals surface area contributed by atoms with Gasteiger partial charge in [0.2, 0.25) is 6.79 Å². The molecule has 21 heavy (non-hydrogen) atoms. The van der Waals surface area contributed by atoms with Gasteiger partial charge in [0, 0.05) is 18.3 Å². The van der Waals surface area contributed by atoms with E-state index in [0.29, 0.717) is 11.5 Å². The Morgan fingerprint density at radius 1 is 1.33 bits per heavy atom. The van der Waals surface area contributed by atoms with Gasteiger partial charge in [0.15, 0.2) is 11.5 Å². The number of rotatable bonds is 5. The smallest absolute Gasteiger partial charge is 0.411 e. The fourth-order valence-corrected chi connectivity index (χ4v) is 1.67. The van der Waals surface area contributed by atoms with Gasteiger partial charge in [0.25, 0.3) is 5.91 Å². The molecule has 9 heteroatoms. The van der Waals surface area contributed by atoms with Gasteiger partial charge in [-0.15, -0.1) is 0 Å². The first-order valence-electron chi connectivity index (χ1n) is 5.98. The Labute approximate surface area is 118 Å². The molecule has 1 aliphatic heterocycles. The molecule has 0 saturated carbocycles. The minimum atomic E-state index is -4.38. The SMILES string of the molecule is Nc1cc2c(cc1C(=O)NCCOCC(F)(F)F)OCO2. The Morgan fingerprint density at radius 3 is 2.67 bits per heavy atom. The highest BCUT2D eigenvalue weighted by Crippen LogP contribution is 2.35. The molecule has 0 unspecified atom stereocenters. The maximum absolute atomic E-state index is 11.9. The monoisotopic (exact) mass is 306 g/mol. The molecule has 1 heterocycles. The molecule has 0 atom stereocenters. The molecule has 1 aliphatic rings. The van der Waals surface area contributed by atoms with E-state index in [1.54, 1.807) is 0 Å². The molecule has 0 bridgehead atoms. The summed E-state index contributed by atoms with van der Waals surface area (Å²) in [7, 11) is 0. The van der Waals surface area contributed by atoms with Crippen LogP contribution in [0.5, 0.6) is 11.5 Å². The van der Waals surface area contributed by atoms with Crippen LogP contribution in [0.25, 0.3) is 0 Å². The highest BCUT2D eigenvalue weighted by atomic mass is 19.4. The highest BCUT2D eigenvalue weighted by molar-refractivity contribution is 6.00. The largest absolute Gasteiger partial charge is 0.454 e. The maximum atomic E-state index is 11.9. The second kappa shape index (κ2) is 6.08. The van der Waals surface area contributed by atoms with E-state index >= 15 is 0 Å². The van der Waals surface area contributed by atoms with Crippen molar-refractivity contribution in [3.63, 3.8) is 0 Å². The second-order valence-electron chi connectivity index (χ2n) is 4.22. The number of nitrogens with one attached hydrogen (secondary N) is 1. The van der Waals surface area contributed by atoms with Crippen LogP contribution in [0.2, 0.25) is 0 Å². The topological polar surface area (TPSA) is 82.8 Å². The number of alkyl halides is 3. The van der Waals surface area contributed by atoms with Crippen molar-refractivity contribution in [1.29, 1.82) is 0 Å². The lowest BCUT2D eigenvalue weighted by Gasteiger charge is -2.10. The summed E-state index contributed by atoms with van der Waals surface area (Å²) in [4.78, 5) is 11.9. The molecule has 3 N–H and O–H groups in total. The number of hydrogen-bond donors (Lipinski definition) is 2. The lowest BCUT2D eigenvalue weighted by atomic mass is 10.1. The first-order chi connectivity index (χ1) is 9.87. The molecule has 116 valence electrons. The lowest BCUT2D eigenvalue weighted by molar-refractivity contribution is -0.173. The number of hydrogen-bond acceptors (Lipinski definition) is 5. The number of carbonyl (C=O) groups excluding carboxylic acids is 1. The van der Waals surface area contributed by atoms with Gasteiger partial charge in [-0.3, -0.25) is 4.79 Å². The number of amides is 1. The van der Waals surface area contributed by atoms with E-state index < -0.39 is 18.7 Å². The van der Waals surface area contributed by atoms with Crippen LogP contribution in [-0.4, -0.2) is 38.6 Å². The van der Waals surface area contributed by atoms with Crippen molar-refractivity contribution in [1.82, 2.24) is 5.32 Å². The van der Waals surface area contributed by atoms with Crippen molar-refractivity contribution < 1.29 is 32.2 Å². The van der Waals surface area contributed by atoms with Crippen LogP contribution < -0.4 is 20.5 Å². The summed E-state index contributed by atoms with van der Waals surface area (Å²) in [6.45, 7) is -1.63. The molecular formula is C12H13F3N2O4. The Kier molecular flexibility index (Phi) is 4.41. The Hall–Kier alpha value is -2.16. The van der Waals surface area contributed by atoms with Crippen LogP contribution in [0, 0.1) is 0 Å². The van der Waals surface area contributed by atoms with Crippen molar-refractivity contribution >= 4 is 11.6 Å². The van der Waals surface area contributed by atoms with Gasteiger partial charge >= 0.3 is 6.18 Å². The van der Waals surface area contributed by atoms with Crippen molar-refractivity contribution in [2.45, 2.75) is 6.18 Å². The van der Waals surface area contributed by atoms with Crippen LogP contribution >= 0.6 is 0 Å². The standard InChI is InChI=1S/C12H13F3N2O4/c13-12(14,15)5-19-2-1-17-11(18)7-3-9-10(4-8(7)16)21-6-20-9/h3-4H,1-2,5-6,16H2,(H,17,18). The predicted molar refractivity (Wildman–Crippen MR) is 66.2 cm³/mol. The number of anilines is 1. The van der Waals surface area contributed by atoms with Gasteiger partial charge in [0.05, 0.1) is 12.2 Å². The molecule has 0 aliphatic carbocycles. The third-order valence-electron chi connectivity index (χ3n) is 2.59. The van der Waals surface area contributed by atoms with Crippen molar-refractivity contribution in [2.24, 2.45) is 0 Å². The Balaban J connectivity index is 1.84. The highest BCUT2D eigenvalue weighted by Gasteiger charge is 2.27. The van der Waals surface area contributed by atoms with Gasteiger partial charge in [0.1, 0.15) is 6.61 Å². The fraction of sp³-hybridized carbons (Fsp3) is 0.417. The van der Waals surface area contributed by atoms with Gasteiger partial charge in [-0.2, -0.15) is 13.2 Å². The number of benzene rings is 1. The number of nitrogen functional groups attached to an aromatic ring is 1. The van der Waals surface area contributed by atoms with Crippen LogP contribution in [0.15, 0.2) is 12.1 Å².